The van der Waals surface area contributed by atoms with Crippen LogP contribution in [0, 0.1) is 23.2 Å². The Morgan fingerprint density at radius 2 is 1.75 bits per heavy atom. The zero-order valence-electron chi connectivity index (χ0n) is 16.8. The van der Waals surface area contributed by atoms with E-state index in [2.05, 4.69) is 26.1 Å². The van der Waals surface area contributed by atoms with E-state index in [0.29, 0.717) is 29.3 Å². The molecule has 2 amide bonds. The monoisotopic (exact) mass is 406 g/mol. The van der Waals surface area contributed by atoms with Gasteiger partial charge in [0.05, 0.1) is 17.4 Å². The van der Waals surface area contributed by atoms with E-state index in [-0.39, 0.29) is 11.3 Å². The van der Waals surface area contributed by atoms with Crippen molar-refractivity contribution >= 4 is 34.1 Å². The van der Waals surface area contributed by atoms with Crippen LogP contribution in [-0.4, -0.2) is 22.9 Å². The average Bonchev–Trinajstić information content (AvgIpc) is 2.97. The molecule has 2 aliphatic rings. The van der Waals surface area contributed by atoms with Gasteiger partial charge in [-0.15, -0.1) is 11.3 Å². The summed E-state index contributed by atoms with van der Waals surface area (Å²) in [7, 11) is 0. The van der Waals surface area contributed by atoms with Crippen molar-refractivity contribution in [1.29, 1.82) is 0 Å². The molecule has 1 aromatic heterocycles. The minimum atomic E-state index is -0.923. The van der Waals surface area contributed by atoms with Crippen molar-refractivity contribution in [1.82, 2.24) is 0 Å². The van der Waals surface area contributed by atoms with Crippen molar-refractivity contribution in [3.8, 4) is 0 Å². The lowest BCUT2D eigenvalue weighted by Gasteiger charge is -2.33. The summed E-state index contributed by atoms with van der Waals surface area (Å²) in [4.78, 5) is 37.7. The van der Waals surface area contributed by atoms with Crippen LogP contribution in [0.4, 0.5) is 5.00 Å². The molecule has 0 bridgehead atoms. The van der Waals surface area contributed by atoms with Crippen molar-refractivity contribution in [2.75, 3.05) is 5.32 Å². The maximum atomic E-state index is 12.9. The number of carbonyl (C=O) groups excluding carboxylic acids is 2. The van der Waals surface area contributed by atoms with E-state index in [0.717, 1.165) is 42.5 Å². The first kappa shape index (κ1) is 20.8. The smallest absolute Gasteiger partial charge is 0.307 e. The van der Waals surface area contributed by atoms with Gasteiger partial charge < -0.3 is 16.2 Å². The Bertz CT molecular complexity index is 793. The molecule has 1 fully saturated rings. The lowest BCUT2D eigenvalue weighted by molar-refractivity contribution is -0.147. The highest BCUT2D eigenvalue weighted by Gasteiger charge is 2.38. The Kier molecular flexibility index (Phi) is 5.84. The second-order valence-electron chi connectivity index (χ2n) is 9.20. The molecular formula is C21H30N2O4S. The molecule has 7 heteroatoms. The molecule has 0 spiro atoms. The van der Waals surface area contributed by atoms with Gasteiger partial charge in [-0.1, -0.05) is 33.6 Å². The topological polar surface area (TPSA) is 109 Å². The number of primary amides is 1. The van der Waals surface area contributed by atoms with Gasteiger partial charge in [-0.05, 0) is 49.0 Å². The summed E-state index contributed by atoms with van der Waals surface area (Å²) < 4.78 is 0. The zero-order chi connectivity index (χ0) is 20.6. The Morgan fingerprint density at radius 3 is 2.32 bits per heavy atom. The van der Waals surface area contributed by atoms with Gasteiger partial charge in [0.2, 0.25) is 5.91 Å². The number of hydrogen-bond acceptors (Lipinski definition) is 4. The molecule has 28 heavy (non-hydrogen) atoms. The molecule has 0 aromatic carbocycles. The molecule has 0 radical (unpaired) electrons. The highest BCUT2D eigenvalue weighted by molar-refractivity contribution is 7.17. The van der Waals surface area contributed by atoms with Crippen LogP contribution in [0.3, 0.4) is 0 Å². The second kappa shape index (κ2) is 7.85. The minimum Gasteiger partial charge on any atom is -0.481 e. The third-order valence-electron chi connectivity index (χ3n) is 6.39. The van der Waals surface area contributed by atoms with E-state index < -0.39 is 23.7 Å². The third kappa shape index (κ3) is 4.09. The number of nitrogens with one attached hydrogen (secondary N) is 1. The quantitative estimate of drug-likeness (QED) is 0.706. The van der Waals surface area contributed by atoms with Crippen LogP contribution in [0.5, 0.6) is 0 Å². The Balaban J connectivity index is 1.86. The van der Waals surface area contributed by atoms with Gasteiger partial charge in [0.25, 0.3) is 5.91 Å². The lowest BCUT2D eigenvalue weighted by atomic mass is 9.72. The number of nitrogens with two attached hydrogens (primary N) is 1. The summed E-state index contributed by atoms with van der Waals surface area (Å²) >= 11 is 1.43. The number of anilines is 1. The second-order valence-corrected chi connectivity index (χ2v) is 10.3. The first-order valence-electron chi connectivity index (χ1n) is 10.1. The van der Waals surface area contributed by atoms with Crippen LogP contribution in [-0.2, 0) is 22.4 Å². The zero-order valence-corrected chi connectivity index (χ0v) is 17.7. The maximum absolute atomic E-state index is 12.9. The molecule has 3 atom stereocenters. The van der Waals surface area contributed by atoms with Crippen LogP contribution in [0.25, 0.3) is 0 Å². The Morgan fingerprint density at radius 1 is 1.11 bits per heavy atom. The van der Waals surface area contributed by atoms with Crippen LogP contribution in [0.2, 0.25) is 0 Å². The largest absolute Gasteiger partial charge is 0.481 e. The summed E-state index contributed by atoms with van der Waals surface area (Å²) in [5.41, 5.74) is 7.22. The van der Waals surface area contributed by atoms with E-state index in [1.165, 1.54) is 11.3 Å². The van der Waals surface area contributed by atoms with E-state index >= 15 is 0 Å². The summed E-state index contributed by atoms with van der Waals surface area (Å²) in [6, 6.07) is 0. The Labute approximate surface area is 169 Å². The van der Waals surface area contributed by atoms with E-state index in [1.54, 1.807) is 0 Å². The van der Waals surface area contributed by atoms with Crippen molar-refractivity contribution in [2.24, 2.45) is 28.9 Å². The third-order valence-corrected chi connectivity index (χ3v) is 7.56. The van der Waals surface area contributed by atoms with Crippen molar-refractivity contribution in [3.05, 3.63) is 16.0 Å². The predicted molar refractivity (Wildman–Crippen MR) is 110 cm³/mol. The van der Waals surface area contributed by atoms with Crippen LogP contribution < -0.4 is 11.1 Å². The summed E-state index contributed by atoms with van der Waals surface area (Å²) in [5, 5.41) is 12.8. The molecule has 4 N–H and O–H groups in total. The van der Waals surface area contributed by atoms with Gasteiger partial charge >= 0.3 is 5.97 Å². The Hall–Kier alpha value is -1.89. The normalized spacial score (nSPS) is 25.0. The fourth-order valence-electron chi connectivity index (χ4n) is 4.62. The van der Waals surface area contributed by atoms with Gasteiger partial charge in [0.1, 0.15) is 5.00 Å². The molecule has 1 saturated carbocycles. The number of carbonyl (C=O) groups is 3. The highest BCUT2D eigenvalue weighted by Crippen LogP contribution is 2.44. The minimum absolute atomic E-state index is 0.175. The van der Waals surface area contributed by atoms with E-state index in [4.69, 9.17) is 5.73 Å². The van der Waals surface area contributed by atoms with Gasteiger partial charge in [-0.3, -0.25) is 14.4 Å². The molecule has 0 unspecified atom stereocenters. The van der Waals surface area contributed by atoms with E-state index in [9.17, 15) is 19.5 Å². The van der Waals surface area contributed by atoms with Gasteiger partial charge in [-0.25, -0.2) is 0 Å². The number of fused-ring (bicyclic) bond motifs is 1. The van der Waals surface area contributed by atoms with Crippen molar-refractivity contribution in [2.45, 2.75) is 65.7 Å². The number of hydrogen-bond donors (Lipinski definition) is 3. The van der Waals surface area contributed by atoms with E-state index in [1.807, 2.05) is 0 Å². The van der Waals surface area contributed by atoms with Crippen LogP contribution >= 0.6 is 11.3 Å². The fourth-order valence-corrected chi connectivity index (χ4v) is 5.95. The molecule has 1 heterocycles. The summed E-state index contributed by atoms with van der Waals surface area (Å²) in [6.45, 7) is 6.68. The molecule has 0 aliphatic heterocycles. The number of rotatable bonds is 4. The molecular weight excluding hydrogens is 376 g/mol. The molecule has 0 saturated heterocycles. The number of thiophene rings is 1. The molecule has 3 rings (SSSR count). The summed E-state index contributed by atoms with van der Waals surface area (Å²) in [6.07, 6.45) is 5.40. The number of carboxylic acids is 1. The lowest BCUT2D eigenvalue weighted by Crippen LogP contribution is -2.36. The first-order valence-corrected chi connectivity index (χ1v) is 10.9. The fraction of sp³-hybridized carbons (Fsp3) is 0.667. The highest BCUT2D eigenvalue weighted by atomic mass is 32.1. The predicted octanol–water partition coefficient (Wildman–Crippen LogP) is 3.83. The van der Waals surface area contributed by atoms with Crippen LogP contribution in [0.1, 0.15) is 73.7 Å². The molecule has 154 valence electrons. The van der Waals surface area contributed by atoms with Crippen LogP contribution in [0.15, 0.2) is 0 Å². The van der Waals surface area contributed by atoms with Crippen molar-refractivity contribution < 1.29 is 19.5 Å². The van der Waals surface area contributed by atoms with Gasteiger partial charge in [0.15, 0.2) is 0 Å². The summed E-state index contributed by atoms with van der Waals surface area (Å²) in [5.74, 6) is -2.47. The average molecular weight is 407 g/mol. The number of carboxylic acid groups (broad SMARTS) is 1. The maximum Gasteiger partial charge on any atom is 0.307 e. The molecule has 6 nitrogen and oxygen atoms in total. The first-order chi connectivity index (χ1) is 13.1. The van der Waals surface area contributed by atoms with Crippen molar-refractivity contribution in [3.63, 3.8) is 0 Å². The number of aliphatic carboxylic acids is 1. The molecule has 1 aromatic rings. The standard InChI is InChI=1S/C21H30N2O4S/c1-21(2,3)11-8-9-14-15(10-11)28-19(16(14)17(22)24)23-18(25)12-6-4-5-7-13(12)20(26)27/h11-13H,4-10H2,1-3H3,(H2,22,24)(H,23,25)(H,26,27)/t11-,12+,13-/m1/s1. The SMILES string of the molecule is CC(C)(C)[C@@H]1CCc2c(sc(NC(=O)[C@H]3CCCC[C@H]3C(=O)O)c2C(N)=O)C1. The van der Waals surface area contributed by atoms with Gasteiger partial charge in [-0.2, -0.15) is 0 Å². The van der Waals surface area contributed by atoms with Gasteiger partial charge in [0, 0.05) is 4.88 Å². The number of amides is 2. The molecule has 2 aliphatic carbocycles.